The molecule has 0 atom stereocenters. The molecule has 0 unspecified atom stereocenters. The zero-order chi connectivity index (χ0) is 15.3. The molecule has 0 bridgehead atoms. The van der Waals surface area contributed by atoms with Crippen LogP contribution in [0.3, 0.4) is 0 Å². The van der Waals surface area contributed by atoms with Crippen LogP contribution in [0.25, 0.3) is 0 Å². The number of sulfonamides is 1. The summed E-state index contributed by atoms with van der Waals surface area (Å²) in [5, 5.41) is 9.32. The molecule has 2 rings (SSSR count). The summed E-state index contributed by atoms with van der Waals surface area (Å²) in [4.78, 5) is -0.857. The average molecular weight is 330 g/mol. The first kappa shape index (κ1) is 15.6. The Bertz CT molecular complexity index is 635. The van der Waals surface area contributed by atoms with Crippen LogP contribution in [0.2, 0.25) is 5.02 Å². The van der Waals surface area contributed by atoms with Gasteiger partial charge in [0.05, 0.1) is 16.1 Å². The predicted molar refractivity (Wildman–Crippen MR) is 65.8 cm³/mol. The lowest BCUT2D eigenvalue weighted by Crippen LogP contribution is -2.61. The second-order valence-corrected chi connectivity index (χ2v) is 7.25. The van der Waals surface area contributed by atoms with E-state index in [-0.39, 0.29) is 18.1 Å². The van der Waals surface area contributed by atoms with Crippen molar-refractivity contribution in [2.45, 2.75) is 23.6 Å². The summed E-state index contributed by atoms with van der Waals surface area (Å²) in [6, 6.07) is 2.49. The van der Waals surface area contributed by atoms with Gasteiger partial charge in [-0.2, -0.15) is 17.5 Å². The van der Waals surface area contributed by atoms with E-state index in [9.17, 15) is 26.7 Å². The standard InChI is InChI=1S/C11H11ClF3NO3S/c1-10(17)5-16(6-10)20(18,19)9-3-2-7(12)4-8(9)11(13,14)15/h2-4,17H,5-6H2,1H3. The Kier molecular flexibility index (Phi) is 3.57. The topological polar surface area (TPSA) is 57.6 Å². The number of nitrogens with zero attached hydrogens (tertiary/aromatic N) is 1. The lowest BCUT2D eigenvalue weighted by atomic mass is 10.0. The van der Waals surface area contributed by atoms with Crippen molar-refractivity contribution in [2.75, 3.05) is 13.1 Å². The molecule has 1 aliphatic rings. The van der Waals surface area contributed by atoms with E-state index in [0.29, 0.717) is 6.07 Å². The minimum Gasteiger partial charge on any atom is -0.387 e. The maximum atomic E-state index is 12.9. The van der Waals surface area contributed by atoms with Gasteiger partial charge in [0.2, 0.25) is 10.0 Å². The first-order chi connectivity index (χ1) is 8.93. The monoisotopic (exact) mass is 329 g/mol. The molecule has 1 aromatic carbocycles. The summed E-state index contributed by atoms with van der Waals surface area (Å²) in [5.74, 6) is 0. The lowest BCUT2D eigenvalue weighted by Gasteiger charge is -2.43. The molecule has 0 aliphatic carbocycles. The Hall–Kier alpha value is -0.830. The normalized spacial score (nSPS) is 19.7. The van der Waals surface area contributed by atoms with E-state index in [1.165, 1.54) is 6.92 Å². The fraction of sp³-hybridized carbons (Fsp3) is 0.455. The summed E-state index contributed by atoms with van der Waals surface area (Å²) in [6.45, 7) is 0.927. The number of β-amino-alcohol motifs (C(OH)–C–C–N with tert-alkyl or cyclic N) is 1. The predicted octanol–water partition coefficient (Wildman–Crippen LogP) is 2.11. The summed E-state index contributed by atoms with van der Waals surface area (Å²) in [7, 11) is -4.31. The maximum Gasteiger partial charge on any atom is 0.417 e. The number of rotatable bonds is 2. The van der Waals surface area contributed by atoms with E-state index in [4.69, 9.17) is 11.6 Å². The third kappa shape index (κ3) is 2.78. The molecule has 4 nitrogen and oxygen atoms in total. The van der Waals surface area contributed by atoms with Gasteiger partial charge in [-0.3, -0.25) is 0 Å². The highest BCUT2D eigenvalue weighted by Crippen LogP contribution is 2.38. The third-order valence-corrected chi connectivity index (χ3v) is 4.98. The molecule has 0 radical (unpaired) electrons. The van der Waals surface area contributed by atoms with Crippen molar-refractivity contribution in [3.05, 3.63) is 28.8 Å². The summed E-state index contributed by atoms with van der Waals surface area (Å²) in [6.07, 6.45) is -4.83. The van der Waals surface area contributed by atoms with E-state index < -0.39 is 32.3 Å². The van der Waals surface area contributed by atoms with E-state index in [1.54, 1.807) is 0 Å². The number of alkyl halides is 3. The summed E-state index contributed by atoms with van der Waals surface area (Å²) < 4.78 is 63.8. The van der Waals surface area contributed by atoms with Gasteiger partial charge in [-0.1, -0.05) is 11.6 Å². The third-order valence-electron chi connectivity index (χ3n) is 2.90. The van der Waals surface area contributed by atoms with Crippen LogP contribution in [0, 0.1) is 0 Å². The molecule has 112 valence electrons. The van der Waals surface area contributed by atoms with Crippen LogP contribution in [-0.4, -0.2) is 36.5 Å². The van der Waals surface area contributed by atoms with E-state index in [2.05, 4.69) is 0 Å². The molecular formula is C11H11ClF3NO3S. The molecule has 0 aromatic heterocycles. The lowest BCUT2D eigenvalue weighted by molar-refractivity contribution is -0.140. The molecule has 0 spiro atoms. The van der Waals surface area contributed by atoms with Crippen molar-refractivity contribution >= 4 is 21.6 Å². The van der Waals surface area contributed by atoms with E-state index >= 15 is 0 Å². The number of benzene rings is 1. The van der Waals surface area contributed by atoms with Gasteiger partial charge < -0.3 is 5.11 Å². The van der Waals surface area contributed by atoms with Gasteiger partial charge in [-0.05, 0) is 25.1 Å². The molecular weight excluding hydrogens is 319 g/mol. The van der Waals surface area contributed by atoms with Crippen molar-refractivity contribution in [2.24, 2.45) is 0 Å². The van der Waals surface area contributed by atoms with Gasteiger partial charge >= 0.3 is 6.18 Å². The Labute approximate surface area is 118 Å². The molecule has 1 N–H and O–H groups in total. The quantitative estimate of drug-likeness (QED) is 0.904. The largest absolute Gasteiger partial charge is 0.417 e. The van der Waals surface area contributed by atoms with Crippen LogP contribution >= 0.6 is 11.6 Å². The Morgan fingerprint density at radius 3 is 2.35 bits per heavy atom. The highest BCUT2D eigenvalue weighted by molar-refractivity contribution is 7.89. The van der Waals surface area contributed by atoms with Crippen LogP contribution in [0.5, 0.6) is 0 Å². The number of halogens is 4. The van der Waals surface area contributed by atoms with Crippen LogP contribution in [0.4, 0.5) is 13.2 Å². The number of hydrogen-bond donors (Lipinski definition) is 1. The maximum absolute atomic E-state index is 12.9. The molecule has 1 aromatic rings. The second-order valence-electron chi connectivity index (χ2n) is 4.91. The van der Waals surface area contributed by atoms with Crippen molar-refractivity contribution < 1.29 is 26.7 Å². The molecule has 1 fully saturated rings. The highest BCUT2D eigenvalue weighted by atomic mass is 35.5. The van der Waals surface area contributed by atoms with Gasteiger partial charge in [0.15, 0.2) is 0 Å². The molecule has 9 heteroatoms. The second kappa shape index (κ2) is 4.59. The Morgan fingerprint density at radius 2 is 1.90 bits per heavy atom. The number of aliphatic hydroxyl groups is 1. The van der Waals surface area contributed by atoms with Gasteiger partial charge in [0, 0.05) is 18.1 Å². The minimum absolute atomic E-state index is 0.202. The highest BCUT2D eigenvalue weighted by Gasteiger charge is 2.46. The van der Waals surface area contributed by atoms with Crippen molar-refractivity contribution in [1.29, 1.82) is 0 Å². The zero-order valence-electron chi connectivity index (χ0n) is 10.3. The SMILES string of the molecule is CC1(O)CN(S(=O)(=O)c2ccc(Cl)cc2C(F)(F)F)C1. The molecule has 20 heavy (non-hydrogen) atoms. The molecule has 1 aliphatic heterocycles. The molecule has 1 saturated heterocycles. The van der Waals surface area contributed by atoms with Crippen molar-refractivity contribution in [3.63, 3.8) is 0 Å². The molecule has 0 saturated carbocycles. The summed E-state index contributed by atoms with van der Waals surface area (Å²) in [5.41, 5.74) is -2.52. The first-order valence-electron chi connectivity index (χ1n) is 5.53. The van der Waals surface area contributed by atoms with Gasteiger partial charge in [-0.25, -0.2) is 8.42 Å². The van der Waals surface area contributed by atoms with E-state index in [0.717, 1.165) is 16.4 Å². The smallest absolute Gasteiger partial charge is 0.387 e. The molecule has 0 amide bonds. The van der Waals surface area contributed by atoms with Gasteiger partial charge in [0.25, 0.3) is 0 Å². The zero-order valence-corrected chi connectivity index (χ0v) is 11.8. The van der Waals surface area contributed by atoms with Crippen LogP contribution in [0.1, 0.15) is 12.5 Å². The first-order valence-corrected chi connectivity index (χ1v) is 7.35. The number of hydrogen-bond acceptors (Lipinski definition) is 3. The van der Waals surface area contributed by atoms with Crippen molar-refractivity contribution in [1.82, 2.24) is 4.31 Å². The fourth-order valence-corrected chi connectivity index (χ4v) is 4.01. The summed E-state index contributed by atoms with van der Waals surface area (Å²) >= 11 is 5.50. The van der Waals surface area contributed by atoms with Crippen LogP contribution in [-0.2, 0) is 16.2 Å². The van der Waals surface area contributed by atoms with Gasteiger partial charge in [-0.15, -0.1) is 0 Å². The fourth-order valence-electron chi connectivity index (χ4n) is 1.97. The van der Waals surface area contributed by atoms with Crippen LogP contribution < -0.4 is 0 Å². The Morgan fingerprint density at radius 1 is 1.35 bits per heavy atom. The Balaban J connectivity index is 2.48. The molecule has 1 heterocycles. The minimum atomic E-state index is -4.83. The average Bonchev–Trinajstić information content (AvgIpc) is 2.24. The van der Waals surface area contributed by atoms with Gasteiger partial charge in [0.1, 0.15) is 0 Å². The van der Waals surface area contributed by atoms with Crippen molar-refractivity contribution in [3.8, 4) is 0 Å². The van der Waals surface area contributed by atoms with Crippen LogP contribution in [0.15, 0.2) is 23.1 Å². The van der Waals surface area contributed by atoms with E-state index in [1.807, 2.05) is 0 Å².